The van der Waals surface area contributed by atoms with E-state index in [-0.39, 0.29) is 28.4 Å². The number of alkyl halides is 3. The fourth-order valence-corrected chi connectivity index (χ4v) is 5.11. The number of benzene rings is 2. The molecule has 1 atom stereocenters. The number of hydrogen-bond donors (Lipinski definition) is 1. The summed E-state index contributed by atoms with van der Waals surface area (Å²) in [4.78, 5) is 4.25. The third kappa shape index (κ3) is 5.24. The monoisotopic (exact) mass is 516 g/mol. The number of fused-ring (bicyclic) bond motifs is 1. The molecule has 0 spiro atoms. The van der Waals surface area contributed by atoms with E-state index < -0.39 is 11.9 Å². The second kappa shape index (κ2) is 10.3. The number of rotatable bonds is 8. The summed E-state index contributed by atoms with van der Waals surface area (Å²) in [6.45, 7) is 2.75. The van der Waals surface area contributed by atoms with E-state index in [4.69, 9.17) is 9.47 Å². The highest BCUT2D eigenvalue weighted by Crippen LogP contribution is 2.41. The minimum atomic E-state index is -4.67. The fourth-order valence-electron chi connectivity index (χ4n) is 4.04. The Labute approximate surface area is 211 Å². The molecule has 2 aromatic carbocycles. The predicted molar refractivity (Wildman–Crippen MR) is 137 cm³/mol. The molecule has 4 rings (SSSR count). The van der Waals surface area contributed by atoms with Crippen molar-refractivity contribution in [2.24, 2.45) is 0 Å². The second-order valence-corrected chi connectivity index (χ2v) is 9.73. The Hall–Kier alpha value is -3.37. The second-order valence-electron chi connectivity index (χ2n) is 8.61. The number of hydrogen-bond acceptors (Lipinski definition) is 7. The van der Waals surface area contributed by atoms with Crippen molar-refractivity contribution < 1.29 is 22.6 Å². The van der Waals surface area contributed by atoms with Gasteiger partial charge in [-0.05, 0) is 56.4 Å². The normalized spacial score (nSPS) is 12.7. The minimum absolute atomic E-state index is 0.116. The summed E-state index contributed by atoms with van der Waals surface area (Å²) in [5.41, 5.74) is 1.30. The molecule has 0 fully saturated rings. The zero-order valence-electron chi connectivity index (χ0n) is 20.6. The van der Waals surface area contributed by atoms with E-state index in [0.717, 1.165) is 21.9 Å². The van der Waals surface area contributed by atoms with Crippen LogP contribution in [0.25, 0.3) is 21.2 Å². The van der Waals surface area contributed by atoms with E-state index in [1.165, 1.54) is 31.9 Å². The van der Waals surface area contributed by atoms with Crippen LogP contribution in [0.4, 0.5) is 19.0 Å². The van der Waals surface area contributed by atoms with Crippen LogP contribution in [0.15, 0.2) is 48.5 Å². The molecule has 0 radical (unpaired) electrons. The summed E-state index contributed by atoms with van der Waals surface area (Å²) in [6, 6.07) is 14.9. The van der Waals surface area contributed by atoms with Crippen LogP contribution < -0.4 is 14.8 Å². The van der Waals surface area contributed by atoms with E-state index in [0.29, 0.717) is 5.75 Å². The van der Waals surface area contributed by atoms with Crippen LogP contribution in [0, 0.1) is 0 Å². The van der Waals surface area contributed by atoms with Gasteiger partial charge in [0.2, 0.25) is 0 Å². The van der Waals surface area contributed by atoms with Crippen LogP contribution in [0.5, 0.6) is 11.5 Å². The average Bonchev–Trinajstić information content (AvgIpc) is 3.33. The number of nitrogens with zero attached hydrogens (tertiary/aromatic N) is 3. The first-order chi connectivity index (χ1) is 17.1. The number of methoxy groups -OCH3 is 2. The summed E-state index contributed by atoms with van der Waals surface area (Å²) >= 11 is 1.63. The van der Waals surface area contributed by atoms with Crippen molar-refractivity contribution >= 4 is 27.9 Å². The zero-order valence-corrected chi connectivity index (χ0v) is 21.4. The lowest BCUT2D eigenvalue weighted by atomic mass is 10.1. The first-order valence-corrected chi connectivity index (χ1v) is 12.0. The molecule has 0 aliphatic heterocycles. The molecule has 4 aromatic rings. The molecule has 0 aliphatic rings. The molecule has 0 saturated heterocycles. The Kier molecular flexibility index (Phi) is 7.37. The quantitative estimate of drug-likeness (QED) is 0.284. The highest BCUT2D eigenvalue weighted by molar-refractivity contribution is 7.15. The molecule has 1 unspecified atom stereocenters. The van der Waals surface area contributed by atoms with Gasteiger partial charge in [-0.15, -0.1) is 21.5 Å². The van der Waals surface area contributed by atoms with E-state index in [1.54, 1.807) is 11.3 Å². The Morgan fingerprint density at radius 3 is 2.28 bits per heavy atom. The van der Waals surface area contributed by atoms with Crippen molar-refractivity contribution in [3.63, 3.8) is 0 Å². The topological polar surface area (TPSA) is 59.5 Å². The van der Waals surface area contributed by atoms with Gasteiger partial charge >= 0.3 is 6.18 Å². The van der Waals surface area contributed by atoms with Gasteiger partial charge in [0.05, 0.1) is 20.3 Å². The van der Waals surface area contributed by atoms with Crippen LogP contribution in [0.1, 0.15) is 29.1 Å². The lowest BCUT2D eigenvalue weighted by Crippen LogP contribution is -2.14. The maximum absolute atomic E-state index is 13.7. The van der Waals surface area contributed by atoms with Gasteiger partial charge in [0.25, 0.3) is 0 Å². The molecule has 36 heavy (non-hydrogen) atoms. The van der Waals surface area contributed by atoms with Gasteiger partial charge in [-0.3, -0.25) is 0 Å². The summed E-state index contributed by atoms with van der Waals surface area (Å²) in [5.74, 6) is 0.717. The number of thiophene rings is 1. The number of aromatic nitrogens is 2. The Bertz CT molecular complexity index is 1370. The fraction of sp³-hybridized carbons (Fsp3) is 0.308. The van der Waals surface area contributed by atoms with Gasteiger partial charge < -0.3 is 19.7 Å². The maximum atomic E-state index is 13.7. The van der Waals surface area contributed by atoms with Crippen molar-refractivity contribution in [3.05, 3.63) is 64.7 Å². The third-order valence-corrected chi connectivity index (χ3v) is 7.03. The maximum Gasteiger partial charge on any atom is 0.435 e. The van der Waals surface area contributed by atoms with E-state index in [1.807, 2.05) is 39.2 Å². The molecular formula is C26H27F3N4O2S. The molecule has 0 bridgehead atoms. The molecule has 0 saturated carbocycles. The van der Waals surface area contributed by atoms with Gasteiger partial charge in [0.1, 0.15) is 0 Å². The van der Waals surface area contributed by atoms with Crippen molar-refractivity contribution in [1.29, 1.82) is 0 Å². The lowest BCUT2D eigenvalue weighted by Gasteiger charge is -2.18. The van der Waals surface area contributed by atoms with Crippen molar-refractivity contribution in [2.75, 3.05) is 33.6 Å². The van der Waals surface area contributed by atoms with Crippen molar-refractivity contribution in [2.45, 2.75) is 25.7 Å². The molecule has 2 heterocycles. The van der Waals surface area contributed by atoms with Crippen molar-refractivity contribution in [3.8, 4) is 21.9 Å². The van der Waals surface area contributed by atoms with Crippen molar-refractivity contribution in [1.82, 2.24) is 15.1 Å². The molecule has 190 valence electrons. The highest BCUT2D eigenvalue weighted by atomic mass is 32.1. The van der Waals surface area contributed by atoms with Gasteiger partial charge in [-0.25, -0.2) is 0 Å². The predicted octanol–water partition coefficient (Wildman–Crippen LogP) is 6.63. The minimum Gasteiger partial charge on any atom is -0.493 e. The third-order valence-electron chi connectivity index (χ3n) is 5.73. The Morgan fingerprint density at radius 1 is 0.972 bits per heavy atom. The number of anilines is 1. The summed E-state index contributed by atoms with van der Waals surface area (Å²) in [7, 11) is 6.86. The largest absolute Gasteiger partial charge is 0.493 e. The first kappa shape index (κ1) is 25.7. The average molecular weight is 517 g/mol. The molecule has 6 nitrogen and oxygen atoms in total. The van der Waals surface area contributed by atoms with Gasteiger partial charge in [-0.2, -0.15) is 13.2 Å². The van der Waals surface area contributed by atoms with E-state index in [9.17, 15) is 13.2 Å². The van der Waals surface area contributed by atoms with E-state index in [2.05, 4.69) is 38.6 Å². The van der Waals surface area contributed by atoms with Crippen LogP contribution in [-0.4, -0.2) is 43.4 Å². The van der Waals surface area contributed by atoms with Crippen LogP contribution in [0.2, 0.25) is 0 Å². The lowest BCUT2D eigenvalue weighted by molar-refractivity contribution is -0.140. The molecule has 0 amide bonds. The molecule has 1 N–H and O–H groups in total. The Balaban J connectivity index is 1.70. The van der Waals surface area contributed by atoms with E-state index >= 15 is 0 Å². The SMILES string of the molecule is COc1cc2c(NC(C)c3ccc(-c4ccccc4CN(C)C)s3)nnc(C(F)(F)F)c2cc1OC. The van der Waals surface area contributed by atoms with Gasteiger partial charge in [0.15, 0.2) is 23.0 Å². The van der Waals surface area contributed by atoms with Gasteiger partial charge in [-0.1, -0.05) is 24.3 Å². The Morgan fingerprint density at radius 2 is 1.64 bits per heavy atom. The summed E-state index contributed by atoms with van der Waals surface area (Å²) < 4.78 is 51.6. The number of halogens is 3. The molecule has 2 aromatic heterocycles. The highest BCUT2D eigenvalue weighted by Gasteiger charge is 2.36. The molecule has 0 aliphatic carbocycles. The van der Waals surface area contributed by atoms with Gasteiger partial charge in [0, 0.05) is 27.1 Å². The number of nitrogens with one attached hydrogen (secondary N) is 1. The number of ether oxygens (including phenoxy) is 2. The first-order valence-electron chi connectivity index (χ1n) is 11.2. The zero-order chi connectivity index (χ0) is 26.0. The van der Waals surface area contributed by atoms with Crippen LogP contribution >= 0.6 is 11.3 Å². The van der Waals surface area contributed by atoms with Crippen LogP contribution in [-0.2, 0) is 12.7 Å². The van der Waals surface area contributed by atoms with Crippen LogP contribution in [0.3, 0.4) is 0 Å². The summed E-state index contributed by atoms with van der Waals surface area (Å²) in [6.07, 6.45) is -4.67. The summed E-state index contributed by atoms with van der Waals surface area (Å²) in [5, 5.41) is 10.8. The molecule has 10 heteroatoms. The molecular weight excluding hydrogens is 489 g/mol. The standard InChI is InChI=1S/C26H27F3N4O2S/c1-15(22-10-11-23(36-22)17-9-7-6-8-16(17)14-33(2)3)30-25-19-13-21(35-5)20(34-4)12-18(19)24(31-32-25)26(27,28)29/h6-13,15H,14H2,1-5H3,(H,30,32). The smallest absolute Gasteiger partial charge is 0.435 e.